The van der Waals surface area contributed by atoms with Gasteiger partial charge in [-0.05, 0) is 31.1 Å². The maximum atomic E-state index is 12.2. The van der Waals surface area contributed by atoms with E-state index in [2.05, 4.69) is 16.1 Å². The van der Waals surface area contributed by atoms with Crippen LogP contribution in [0.3, 0.4) is 0 Å². The summed E-state index contributed by atoms with van der Waals surface area (Å²) in [7, 11) is 0. The van der Waals surface area contributed by atoms with Gasteiger partial charge in [-0.3, -0.25) is 4.79 Å². The van der Waals surface area contributed by atoms with Crippen molar-refractivity contribution in [3.8, 4) is 12.3 Å². The molecule has 1 amide bonds. The maximum absolute atomic E-state index is 12.2. The van der Waals surface area contributed by atoms with Crippen LogP contribution >= 0.6 is 0 Å². The minimum absolute atomic E-state index is 0.271. The van der Waals surface area contributed by atoms with E-state index >= 15 is 0 Å². The van der Waals surface area contributed by atoms with Crippen LogP contribution in [0.4, 0.5) is 0 Å². The van der Waals surface area contributed by atoms with Crippen LogP contribution in [0.25, 0.3) is 0 Å². The average Bonchev–Trinajstić information content (AvgIpc) is 3.34. The van der Waals surface area contributed by atoms with Crippen LogP contribution in [0.5, 0.6) is 0 Å². The SMILES string of the molecule is C#CCCC1(CCC(=O)N2CCC3(CC2)CC3)N=N1. The molecular formula is C15H21N3O. The van der Waals surface area contributed by atoms with Gasteiger partial charge in [0.1, 0.15) is 0 Å². The zero-order valence-electron chi connectivity index (χ0n) is 11.4. The summed E-state index contributed by atoms with van der Waals surface area (Å²) in [5, 5.41) is 8.16. The van der Waals surface area contributed by atoms with Crippen molar-refractivity contribution in [2.24, 2.45) is 15.6 Å². The standard InChI is InChI=1S/C15H21N3O/c1-2-3-5-15(16-17-15)6-4-13(19)18-11-9-14(7-8-14)10-12-18/h1H,3-12H2. The molecule has 1 aliphatic carbocycles. The molecule has 2 heterocycles. The molecule has 0 atom stereocenters. The summed E-state index contributed by atoms with van der Waals surface area (Å²) >= 11 is 0. The number of amides is 1. The predicted octanol–water partition coefficient (Wildman–Crippen LogP) is 2.74. The van der Waals surface area contributed by atoms with Crippen molar-refractivity contribution in [1.82, 2.24) is 4.90 Å². The second kappa shape index (κ2) is 4.63. The first-order valence-corrected chi connectivity index (χ1v) is 7.32. The summed E-state index contributed by atoms with van der Waals surface area (Å²) in [5.41, 5.74) is 0.321. The molecule has 4 heteroatoms. The highest BCUT2D eigenvalue weighted by atomic mass is 16.2. The van der Waals surface area contributed by atoms with Crippen LogP contribution in [0.2, 0.25) is 0 Å². The number of piperidine rings is 1. The average molecular weight is 259 g/mol. The van der Waals surface area contributed by atoms with Gasteiger partial charge in [0.2, 0.25) is 5.91 Å². The number of nitrogens with zero attached hydrogens (tertiary/aromatic N) is 3. The topological polar surface area (TPSA) is 45.0 Å². The zero-order chi connectivity index (χ0) is 13.3. The smallest absolute Gasteiger partial charge is 0.222 e. The molecule has 1 spiro atoms. The van der Waals surface area contributed by atoms with Crippen LogP contribution in [0.1, 0.15) is 51.4 Å². The highest BCUT2D eigenvalue weighted by Crippen LogP contribution is 2.53. The Morgan fingerprint density at radius 2 is 1.84 bits per heavy atom. The molecule has 3 aliphatic rings. The Balaban J connectivity index is 1.41. The fraction of sp³-hybridized carbons (Fsp3) is 0.800. The molecule has 1 saturated heterocycles. The van der Waals surface area contributed by atoms with Crippen molar-refractivity contribution in [2.45, 2.75) is 57.0 Å². The van der Waals surface area contributed by atoms with E-state index in [-0.39, 0.29) is 11.6 Å². The molecule has 4 nitrogen and oxygen atoms in total. The molecule has 19 heavy (non-hydrogen) atoms. The Morgan fingerprint density at radius 1 is 1.16 bits per heavy atom. The van der Waals surface area contributed by atoms with Gasteiger partial charge < -0.3 is 4.90 Å². The lowest BCUT2D eigenvalue weighted by atomic mass is 9.93. The normalized spacial score (nSPS) is 25.1. The van der Waals surface area contributed by atoms with Crippen molar-refractivity contribution in [1.29, 1.82) is 0 Å². The Morgan fingerprint density at radius 3 is 2.37 bits per heavy atom. The fourth-order valence-electron chi connectivity index (χ4n) is 3.04. The number of rotatable bonds is 5. The van der Waals surface area contributed by atoms with Gasteiger partial charge in [-0.2, -0.15) is 10.2 Å². The molecule has 0 aromatic heterocycles. The molecule has 102 valence electrons. The van der Waals surface area contributed by atoms with Crippen molar-refractivity contribution >= 4 is 5.91 Å². The number of carbonyl (C=O) groups is 1. The van der Waals surface area contributed by atoms with Gasteiger partial charge in [-0.25, -0.2) is 0 Å². The van der Waals surface area contributed by atoms with E-state index in [1.165, 1.54) is 25.7 Å². The molecule has 0 radical (unpaired) electrons. The Hall–Kier alpha value is -1.37. The number of terminal acetylenes is 1. The van der Waals surface area contributed by atoms with E-state index in [0.717, 1.165) is 25.9 Å². The summed E-state index contributed by atoms with van der Waals surface area (Å²) in [6, 6.07) is 0. The highest BCUT2D eigenvalue weighted by molar-refractivity contribution is 5.76. The molecule has 1 saturated carbocycles. The van der Waals surface area contributed by atoms with Crippen molar-refractivity contribution in [3.05, 3.63) is 0 Å². The first kappa shape index (κ1) is 12.7. The van der Waals surface area contributed by atoms with Gasteiger partial charge >= 0.3 is 0 Å². The summed E-state index contributed by atoms with van der Waals surface area (Å²) < 4.78 is 0. The third kappa shape index (κ3) is 2.80. The van der Waals surface area contributed by atoms with Crippen LogP contribution in [-0.4, -0.2) is 29.6 Å². The van der Waals surface area contributed by atoms with E-state index in [0.29, 0.717) is 18.3 Å². The third-order valence-electron chi connectivity index (χ3n) is 4.93. The van der Waals surface area contributed by atoms with Gasteiger partial charge in [0.05, 0.1) is 0 Å². The Bertz CT molecular complexity index is 429. The van der Waals surface area contributed by atoms with Gasteiger partial charge in [-0.1, -0.05) is 0 Å². The summed E-state index contributed by atoms with van der Waals surface area (Å²) in [5.74, 6) is 2.89. The monoisotopic (exact) mass is 259 g/mol. The molecule has 0 bridgehead atoms. The van der Waals surface area contributed by atoms with Gasteiger partial charge in [0.15, 0.2) is 5.66 Å². The molecule has 0 N–H and O–H groups in total. The van der Waals surface area contributed by atoms with Crippen molar-refractivity contribution in [2.75, 3.05) is 13.1 Å². The highest BCUT2D eigenvalue weighted by Gasteiger charge is 2.45. The molecule has 0 aromatic rings. The second-order valence-corrected chi connectivity index (χ2v) is 6.27. The molecular weight excluding hydrogens is 238 g/mol. The van der Waals surface area contributed by atoms with Crippen molar-refractivity contribution in [3.63, 3.8) is 0 Å². The number of hydrogen-bond donors (Lipinski definition) is 0. The van der Waals surface area contributed by atoms with Crippen LogP contribution in [0.15, 0.2) is 10.2 Å². The van der Waals surface area contributed by atoms with Gasteiger partial charge in [0, 0.05) is 38.8 Å². The molecule has 3 rings (SSSR count). The van der Waals surface area contributed by atoms with E-state index in [9.17, 15) is 4.79 Å². The van der Waals surface area contributed by atoms with Gasteiger partial charge in [-0.15, -0.1) is 12.3 Å². The number of carbonyl (C=O) groups excluding carboxylic acids is 1. The first-order chi connectivity index (χ1) is 9.17. The minimum atomic E-state index is -0.310. The van der Waals surface area contributed by atoms with E-state index < -0.39 is 0 Å². The van der Waals surface area contributed by atoms with Gasteiger partial charge in [0.25, 0.3) is 0 Å². The van der Waals surface area contributed by atoms with E-state index in [4.69, 9.17) is 6.42 Å². The largest absolute Gasteiger partial charge is 0.343 e. The number of likely N-dealkylation sites (tertiary alicyclic amines) is 1. The quantitative estimate of drug-likeness (QED) is 0.700. The lowest BCUT2D eigenvalue weighted by Crippen LogP contribution is -2.39. The van der Waals surface area contributed by atoms with Crippen LogP contribution in [-0.2, 0) is 4.79 Å². The molecule has 2 fully saturated rings. The summed E-state index contributed by atoms with van der Waals surface area (Å²) in [6.45, 7) is 1.90. The third-order valence-corrected chi connectivity index (χ3v) is 4.93. The van der Waals surface area contributed by atoms with E-state index in [1.807, 2.05) is 4.90 Å². The first-order valence-electron chi connectivity index (χ1n) is 7.32. The molecule has 0 aromatic carbocycles. The zero-order valence-corrected chi connectivity index (χ0v) is 11.4. The predicted molar refractivity (Wildman–Crippen MR) is 72.4 cm³/mol. The molecule has 0 unspecified atom stereocenters. The lowest BCUT2D eigenvalue weighted by molar-refractivity contribution is -0.133. The van der Waals surface area contributed by atoms with Crippen molar-refractivity contribution < 1.29 is 4.79 Å². The maximum Gasteiger partial charge on any atom is 0.222 e. The summed E-state index contributed by atoms with van der Waals surface area (Å²) in [4.78, 5) is 14.2. The van der Waals surface area contributed by atoms with Crippen LogP contribution in [0, 0.1) is 17.8 Å². The summed E-state index contributed by atoms with van der Waals surface area (Å²) in [6.07, 6.45) is 13.2. The van der Waals surface area contributed by atoms with E-state index in [1.54, 1.807) is 0 Å². The minimum Gasteiger partial charge on any atom is -0.343 e. The van der Waals surface area contributed by atoms with Crippen LogP contribution < -0.4 is 0 Å². The number of hydrogen-bond acceptors (Lipinski definition) is 3. The molecule has 2 aliphatic heterocycles. The Labute approximate surface area is 114 Å². The second-order valence-electron chi connectivity index (χ2n) is 6.27. The lowest BCUT2D eigenvalue weighted by Gasteiger charge is -2.32. The Kier molecular flexibility index (Phi) is 3.08. The fourth-order valence-corrected chi connectivity index (χ4v) is 3.04.